The van der Waals surface area contributed by atoms with Crippen LogP contribution in [0.25, 0.3) is 0 Å². The van der Waals surface area contributed by atoms with E-state index in [4.69, 9.17) is 10.5 Å². The van der Waals surface area contributed by atoms with Crippen LogP contribution in [0.2, 0.25) is 0 Å². The molecule has 3 heteroatoms. The maximum Gasteiger partial charge on any atom is 0.319 e. The van der Waals surface area contributed by atoms with Crippen molar-refractivity contribution in [2.45, 2.75) is 38.2 Å². The molecule has 76 valence electrons. The lowest BCUT2D eigenvalue weighted by Crippen LogP contribution is -2.25. The molecule has 13 heavy (non-hydrogen) atoms. The van der Waals surface area contributed by atoms with Crippen molar-refractivity contribution >= 4 is 5.97 Å². The van der Waals surface area contributed by atoms with Crippen molar-refractivity contribution in [3.63, 3.8) is 0 Å². The van der Waals surface area contributed by atoms with Gasteiger partial charge in [0.05, 0.1) is 6.54 Å². The number of ether oxygens (including phenoxy) is 1. The van der Waals surface area contributed by atoms with Gasteiger partial charge in [-0.15, -0.1) is 13.2 Å². The summed E-state index contributed by atoms with van der Waals surface area (Å²) in [4.78, 5) is 10.7. The molecule has 1 rings (SSSR count). The Labute approximate surface area is 79.9 Å². The van der Waals surface area contributed by atoms with Gasteiger partial charge in [-0.2, -0.15) is 0 Å². The van der Waals surface area contributed by atoms with Crippen LogP contribution in [-0.2, 0) is 9.53 Å². The zero-order chi connectivity index (χ0) is 10.1. The van der Waals surface area contributed by atoms with Crippen molar-refractivity contribution in [3.8, 4) is 0 Å². The first kappa shape index (κ1) is 12.2. The lowest BCUT2D eigenvalue weighted by Gasteiger charge is -2.21. The predicted molar refractivity (Wildman–Crippen MR) is 53.3 cm³/mol. The van der Waals surface area contributed by atoms with Crippen molar-refractivity contribution in [1.82, 2.24) is 0 Å². The number of hydrogen-bond acceptors (Lipinski definition) is 3. The second kappa shape index (κ2) is 7.80. The normalized spacial score (nSPS) is 17.0. The summed E-state index contributed by atoms with van der Waals surface area (Å²) in [5.41, 5.74) is 5.11. The van der Waals surface area contributed by atoms with E-state index in [9.17, 15) is 4.79 Å². The van der Waals surface area contributed by atoms with Gasteiger partial charge in [0.25, 0.3) is 0 Å². The fourth-order valence-corrected chi connectivity index (χ4v) is 1.42. The maximum absolute atomic E-state index is 10.7. The van der Waals surface area contributed by atoms with Crippen LogP contribution in [0.3, 0.4) is 0 Å². The Morgan fingerprint density at radius 2 is 1.85 bits per heavy atom. The third-order valence-corrected chi connectivity index (χ3v) is 2.02. The molecule has 2 N–H and O–H groups in total. The van der Waals surface area contributed by atoms with E-state index in [2.05, 4.69) is 13.2 Å². The zero-order valence-corrected chi connectivity index (χ0v) is 8.13. The standard InChI is InChI=1S/C8H15NO2.C2H4/c9-6-8(10)11-7-4-2-1-3-5-7;1-2/h7H,1-6,9H2;1-2H2. The van der Waals surface area contributed by atoms with Gasteiger partial charge >= 0.3 is 5.97 Å². The van der Waals surface area contributed by atoms with Gasteiger partial charge < -0.3 is 10.5 Å². The highest BCUT2D eigenvalue weighted by atomic mass is 16.5. The Morgan fingerprint density at radius 1 is 1.31 bits per heavy atom. The first-order chi connectivity index (χ1) is 6.33. The fourth-order valence-electron chi connectivity index (χ4n) is 1.42. The minimum Gasteiger partial charge on any atom is -0.461 e. The molecule has 0 aromatic rings. The summed E-state index contributed by atoms with van der Waals surface area (Å²) < 4.78 is 5.08. The van der Waals surface area contributed by atoms with Crippen molar-refractivity contribution in [3.05, 3.63) is 13.2 Å². The molecule has 0 aromatic heterocycles. The van der Waals surface area contributed by atoms with Gasteiger partial charge in [0.1, 0.15) is 6.10 Å². The van der Waals surface area contributed by atoms with Gasteiger partial charge in [-0.25, -0.2) is 0 Å². The Balaban J connectivity index is 0.000000671. The van der Waals surface area contributed by atoms with Gasteiger partial charge in [-0.1, -0.05) is 6.42 Å². The van der Waals surface area contributed by atoms with E-state index in [1.807, 2.05) is 0 Å². The summed E-state index contributed by atoms with van der Waals surface area (Å²) in [5.74, 6) is -0.267. The first-order valence-corrected chi connectivity index (χ1v) is 4.72. The molecule has 1 aliphatic rings. The van der Waals surface area contributed by atoms with Crippen LogP contribution in [-0.4, -0.2) is 18.6 Å². The first-order valence-electron chi connectivity index (χ1n) is 4.72. The van der Waals surface area contributed by atoms with Crippen molar-refractivity contribution in [1.29, 1.82) is 0 Å². The Hall–Kier alpha value is -0.830. The topological polar surface area (TPSA) is 52.3 Å². The van der Waals surface area contributed by atoms with Crippen molar-refractivity contribution in [2.75, 3.05) is 6.54 Å². The van der Waals surface area contributed by atoms with Crippen LogP contribution in [0, 0.1) is 0 Å². The second-order valence-corrected chi connectivity index (χ2v) is 2.95. The number of esters is 1. The van der Waals surface area contributed by atoms with Gasteiger partial charge in [0.15, 0.2) is 0 Å². The largest absolute Gasteiger partial charge is 0.461 e. The summed E-state index contributed by atoms with van der Waals surface area (Å²) in [6.45, 7) is 6.01. The molecule has 0 amide bonds. The summed E-state index contributed by atoms with van der Waals surface area (Å²) in [7, 11) is 0. The number of nitrogens with two attached hydrogens (primary N) is 1. The maximum atomic E-state index is 10.7. The van der Waals surface area contributed by atoms with E-state index in [-0.39, 0.29) is 18.6 Å². The molecule has 0 unspecified atom stereocenters. The smallest absolute Gasteiger partial charge is 0.319 e. The molecule has 0 spiro atoms. The minimum absolute atomic E-state index is 0.0104. The SMILES string of the molecule is C=C.NCC(=O)OC1CCCCC1. The molecule has 0 aromatic carbocycles. The van der Waals surface area contributed by atoms with Crippen LogP contribution in [0.1, 0.15) is 32.1 Å². The molecule has 1 saturated carbocycles. The molecular formula is C10H19NO2. The molecule has 3 nitrogen and oxygen atoms in total. The van der Waals surface area contributed by atoms with Crippen molar-refractivity contribution in [2.24, 2.45) is 5.73 Å². The van der Waals surface area contributed by atoms with Crippen LogP contribution in [0.5, 0.6) is 0 Å². The van der Waals surface area contributed by atoms with Crippen LogP contribution in [0.4, 0.5) is 0 Å². The highest BCUT2D eigenvalue weighted by Gasteiger charge is 2.16. The average molecular weight is 185 g/mol. The average Bonchev–Trinajstić information content (AvgIpc) is 2.22. The Morgan fingerprint density at radius 3 is 2.31 bits per heavy atom. The highest BCUT2D eigenvalue weighted by Crippen LogP contribution is 2.19. The zero-order valence-electron chi connectivity index (χ0n) is 8.13. The van der Waals surface area contributed by atoms with Gasteiger partial charge in [0, 0.05) is 0 Å². The molecule has 0 atom stereocenters. The summed E-state index contributed by atoms with van der Waals surface area (Å²) in [6.07, 6.45) is 5.83. The number of rotatable bonds is 2. The van der Waals surface area contributed by atoms with Gasteiger partial charge in [-0.3, -0.25) is 4.79 Å². The molecule has 0 radical (unpaired) electrons. The van der Waals surface area contributed by atoms with Gasteiger partial charge in [-0.05, 0) is 25.7 Å². The Kier molecular flexibility index (Phi) is 7.30. The highest BCUT2D eigenvalue weighted by molar-refractivity contribution is 5.71. The van der Waals surface area contributed by atoms with Crippen LogP contribution < -0.4 is 5.73 Å². The van der Waals surface area contributed by atoms with E-state index >= 15 is 0 Å². The van der Waals surface area contributed by atoms with E-state index in [1.165, 1.54) is 19.3 Å². The molecule has 0 bridgehead atoms. The van der Waals surface area contributed by atoms with Crippen molar-refractivity contribution < 1.29 is 9.53 Å². The molecule has 1 aliphatic carbocycles. The molecule has 0 heterocycles. The minimum atomic E-state index is -0.267. The van der Waals surface area contributed by atoms with Crippen LogP contribution >= 0.6 is 0 Å². The number of carbonyl (C=O) groups is 1. The second-order valence-electron chi connectivity index (χ2n) is 2.95. The summed E-state index contributed by atoms with van der Waals surface area (Å²) in [6, 6.07) is 0. The fraction of sp³-hybridized carbons (Fsp3) is 0.700. The summed E-state index contributed by atoms with van der Waals surface area (Å²) in [5, 5.41) is 0. The molecule has 1 fully saturated rings. The molecular weight excluding hydrogens is 166 g/mol. The quantitative estimate of drug-likeness (QED) is 0.525. The molecule has 0 saturated heterocycles. The Bertz CT molecular complexity index is 142. The van der Waals surface area contributed by atoms with E-state index in [0.29, 0.717) is 0 Å². The van der Waals surface area contributed by atoms with E-state index < -0.39 is 0 Å². The number of carbonyl (C=O) groups excluding carboxylic acids is 1. The predicted octanol–water partition coefficient (Wildman–Crippen LogP) is 1.62. The van der Waals surface area contributed by atoms with Gasteiger partial charge in [0.2, 0.25) is 0 Å². The third-order valence-electron chi connectivity index (χ3n) is 2.02. The van der Waals surface area contributed by atoms with E-state index in [0.717, 1.165) is 12.8 Å². The summed E-state index contributed by atoms with van der Waals surface area (Å²) >= 11 is 0. The lowest BCUT2D eigenvalue weighted by molar-refractivity contribution is -0.148. The third kappa shape index (κ3) is 5.42. The van der Waals surface area contributed by atoms with E-state index in [1.54, 1.807) is 0 Å². The number of hydrogen-bond donors (Lipinski definition) is 1. The van der Waals surface area contributed by atoms with Crippen LogP contribution in [0.15, 0.2) is 13.2 Å². The monoisotopic (exact) mass is 185 g/mol. The molecule has 0 aliphatic heterocycles. The lowest BCUT2D eigenvalue weighted by atomic mass is 9.98.